The molecule has 0 radical (unpaired) electrons. The minimum Gasteiger partial charge on any atom is -0.496 e. The summed E-state index contributed by atoms with van der Waals surface area (Å²) in [5.74, 6) is 0.446. The number of nitrogens with one attached hydrogen (secondary N) is 2. The molecule has 2 N–H and O–H groups in total. The van der Waals surface area contributed by atoms with Crippen LogP contribution < -0.4 is 15.4 Å². The first-order valence-electron chi connectivity index (χ1n) is 8.92. The van der Waals surface area contributed by atoms with Crippen LogP contribution in [0.3, 0.4) is 0 Å². The lowest BCUT2D eigenvalue weighted by Crippen LogP contribution is -2.33. The Balaban J connectivity index is 1.69. The predicted octanol–water partition coefficient (Wildman–Crippen LogP) is 3.96. The van der Waals surface area contributed by atoms with Gasteiger partial charge < -0.3 is 19.9 Å². The number of hydrogen-bond acceptors (Lipinski definition) is 6. The molecule has 158 valence electrons. The molecule has 0 aliphatic carbocycles. The van der Waals surface area contributed by atoms with E-state index in [0.717, 1.165) is 5.56 Å². The van der Waals surface area contributed by atoms with Crippen molar-refractivity contribution in [3.8, 4) is 17.1 Å². The van der Waals surface area contributed by atoms with E-state index in [9.17, 15) is 18.0 Å². The highest BCUT2D eigenvalue weighted by Gasteiger charge is 2.28. The van der Waals surface area contributed by atoms with E-state index in [1.165, 1.54) is 12.1 Å². The van der Waals surface area contributed by atoms with E-state index < -0.39 is 18.6 Å². The lowest BCUT2D eigenvalue weighted by atomic mass is 10.1. The van der Waals surface area contributed by atoms with Gasteiger partial charge in [0, 0.05) is 11.3 Å². The summed E-state index contributed by atoms with van der Waals surface area (Å²) < 4.78 is 47.4. The highest BCUT2D eigenvalue weighted by Crippen LogP contribution is 2.27. The zero-order valence-electron chi connectivity index (χ0n) is 16.2. The number of benzene rings is 2. The van der Waals surface area contributed by atoms with Crippen LogP contribution in [0.25, 0.3) is 11.4 Å². The average Bonchev–Trinajstić information content (AvgIpc) is 3.19. The molecule has 0 aliphatic rings. The number of alkyl halides is 3. The third kappa shape index (κ3) is 5.28. The first kappa shape index (κ1) is 21.2. The van der Waals surface area contributed by atoms with Gasteiger partial charge in [0.15, 0.2) is 0 Å². The van der Waals surface area contributed by atoms with Gasteiger partial charge in [-0.1, -0.05) is 23.4 Å². The second kappa shape index (κ2) is 8.85. The third-order valence-corrected chi connectivity index (χ3v) is 4.20. The van der Waals surface area contributed by atoms with E-state index >= 15 is 0 Å². The minimum absolute atomic E-state index is 0.104. The van der Waals surface area contributed by atoms with Crippen LogP contribution in [0.5, 0.6) is 5.75 Å². The number of ether oxygens (including phenoxy) is 1. The Kier molecular flexibility index (Phi) is 6.24. The molecule has 0 atom stereocenters. The molecule has 0 spiro atoms. The lowest BCUT2D eigenvalue weighted by Gasteiger charge is -2.11. The van der Waals surface area contributed by atoms with Gasteiger partial charge in [-0.3, -0.25) is 4.79 Å². The van der Waals surface area contributed by atoms with Crippen molar-refractivity contribution in [1.29, 1.82) is 0 Å². The topological polar surface area (TPSA) is 89.3 Å². The summed E-state index contributed by atoms with van der Waals surface area (Å²) in [6.07, 6.45) is -4.47. The van der Waals surface area contributed by atoms with Crippen LogP contribution in [0.2, 0.25) is 0 Å². The number of hydrogen-bond donors (Lipinski definition) is 2. The van der Waals surface area contributed by atoms with Gasteiger partial charge >= 0.3 is 6.18 Å². The molecule has 3 rings (SSSR count). The number of para-hydroxylation sites is 1. The maximum absolute atomic E-state index is 12.3. The summed E-state index contributed by atoms with van der Waals surface area (Å²) in [6.45, 7) is 0.570. The number of methoxy groups -OCH3 is 1. The molecule has 10 heteroatoms. The summed E-state index contributed by atoms with van der Waals surface area (Å²) in [5, 5.41) is 8.85. The van der Waals surface area contributed by atoms with E-state index in [1.54, 1.807) is 32.2 Å². The zero-order chi connectivity index (χ0) is 21.7. The lowest BCUT2D eigenvalue weighted by molar-refractivity contribution is -0.123. The van der Waals surface area contributed by atoms with Crippen LogP contribution in [-0.2, 0) is 6.54 Å². The second-order valence-corrected chi connectivity index (χ2v) is 6.39. The number of rotatable bonds is 7. The Morgan fingerprint density at radius 2 is 1.97 bits per heavy atom. The molecule has 0 fully saturated rings. The molecule has 0 bridgehead atoms. The van der Waals surface area contributed by atoms with Gasteiger partial charge in [-0.15, -0.1) is 0 Å². The van der Waals surface area contributed by atoms with Gasteiger partial charge in [-0.25, -0.2) is 0 Å². The van der Waals surface area contributed by atoms with Gasteiger partial charge in [-0.05, 0) is 36.8 Å². The van der Waals surface area contributed by atoms with E-state index in [4.69, 9.17) is 9.26 Å². The van der Waals surface area contributed by atoms with Crippen LogP contribution in [0, 0.1) is 6.92 Å². The highest BCUT2D eigenvalue weighted by atomic mass is 19.4. The second-order valence-electron chi connectivity index (χ2n) is 6.39. The molecule has 0 aliphatic heterocycles. The number of halogens is 3. The Bertz CT molecular complexity index is 1030. The Morgan fingerprint density at radius 1 is 1.20 bits per heavy atom. The molecule has 2 aromatic carbocycles. The van der Waals surface area contributed by atoms with Crippen LogP contribution in [0.1, 0.15) is 21.8 Å². The van der Waals surface area contributed by atoms with E-state index in [-0.39, 0.29) is 12.1 Å². The Hall–Kier alpha value is -3.56. The van der Waals surface area contributed by atoms with Crippen molar-refractivity contribution in [1.82, 2.24) is 15.5 Å². The summed E-state index contributed by atoms with van der Waals surface area (Å²) in [6, 6.07) is 11.8. The van der Waals surface area contributed by atoms with Crippen LogP contribution >= 0.6 is 0 Å². The van der Waals surface area contributed by atoms with Crippen LogP contribution in [0.15, 0.2) is 47.0 Å². The molecule has 0 unspecified atom stereocenters. The SMILES string of the molecule is COc1ccccc1-c1noc(CNc2cc(C(=O)NCC(F)(F)F)ccc2C)n1. The molecule has 30 heavy (non-hydrogen) atoms. The quantitative estimate of drug-likeness (QED) is 0.602. The number of nitrogens with zero attached hydrogens (tertiary/aromatic N) is 2. The van der Waals surface area contributed by atoms with Crippen molar-refractivity contribution in [2.45, 2.75) is 19.6 Å². The molecule has 0 saturated heterocycles. The first-order chi connectivity index (χ1) is 14.3. The van der Waals surface area contributed by atoms with Gasteiger partial charge in [0.2, 0.25) is 11.7 Å². The fraction of sp³-hybridized carbons (Fsp3) is 0.250. The predicted molar refractivity (Wildman–Crippen MR) is 103 cm³/mol. The van der Waals surface area contributed by atoms with Crippen molar-refractivity contribution in [2.75, 3.05) is 19.0 Å². The van der Waals surface area contributed by atoms with E-state index in [2.05, 4.69) is 15.5 Å². The summed E-state index contributed by atoms with van der Waals surface area (Å²) in [7, 11) is 1.54. The molecule has 7 nitrogen and oxygen atoms in total. The van der Waals surface area contributed by atoms with Gasteiger partial charge in [0.1, 0.15) is 12.3 Å². The normalized spacial score (nSPS) is 11.2. The summed E-state index contributed by atoms with van der Waals surface area (Å²) in [5.41, 5.74) is 2.14. The largest absolute Gasteiger partial charge is 0.496 e. The average molecular weight is 420 g/mol. The fourth-order valence-electron chi connectivity index (χ4n) is 2.67. The van der Waals surface area contributed by atoms with Crippen LogP contribution in [0.4, 0.5) is 18.9 Å². The van der Waals surface area contributed by atoms with E-state index in [0.29, 0.717) is 28.7 Å². The Labute approximate surface area is 170 Å². The van der Waals surface area contributed by atoms with E-state index in [1.807, 2.05) is 17.4 Å². The smallest absolute Gasteiger partial charge is 0.405 e. The number of amides is 1. The maximum Gasteiger partial charge on any atom is 0.405 e. The van der Waals surface area contributed by atoms with Crippen molar-refractivity contribution < 1.29 is 27.2 Å². The van der Waals surface area contributed by atoms with Gasteiger partial charge in [0.05, 0.1) is 19.2 Å². The van der Waals surface area contributed by atoms with Crippen molar-refractivity contribution in [3.05, 3.63) is 59.5 Å². The van der Waals surface area contributed by atoms with Gasteiger partial charge in [0.25, 0.3) is 5.91 Å². The van der Waals surface area contributed by atoms with Crippen molar-refractivity contribution in [3.63, 3.8) is 0 Å². The van der Waals surface area contributed by atoms with Crippen molar-refractivity contribution >= 4 is 11.6 Å². The third-order valence-electron chi connectivity index (χ3n) is 4.20. The number of carbonyl (C=O) groups excluding carboxylic acids is 1. The number of aromatic nitrogens is 2. The number of anilines is 1. The molecular weight excluding hydrogens is 401 g/mol. The molecule has 1 aromatic heterocycles. The molecule has 1 amide bonds. The standard InChI is InChI=1S/C20H19F3N4O3/c1-12-7-8-13(19(28)25-11-20(21,22)23)9-15(12)24-10-17-26-18(27-30-17)14-5-3-4-6-16(14)29-2/h3-9,24H,10-11H2,1-2H3,(H,25,28). The molecule has 0 saturated carbocycles. The molecular formula is C20H19F3N4O3. The van der Waals surface area contributed by atoms with Crippen LogP contribution in [-0.4, -0.2) is 35.9 Å². The fourth-order valence-corrected chi connectivity index (χ4v) is 2.67. The Morgan fingerprint density at radius 3 is 2.70 bits per heavy atom. The summed E-state index contributed by atoms with van der Waals surface area (Å²) >= 11 is 0. The minimum atomic E-state index is -4.47. The monoisotopic (exact) mass is 420 g/mol. The summed E-state index contributed by atoms with van der Waals surface area (Å²) in [4.78, 5) is 16.3. The number of aryl methyl sites for hydroxylation is 1. The molecule has 1 heterocycles. The number of carbonyl (C=O) groups is 1. The molecule has 3 aromatic rings. The highest BCUT2D eigenvalue weighted by molar-refractivity contribution is 5.95. The maximum atomic E-state index is 12.3. The zero-order valence-corrected chi connectivity index (χ0v) is 16.2. The van der Waals surface area contributed by atoms with Gasteiger partial charge in [-0.2, -0.15) is 18.2 Å². The first-order valence-corrected chi connectivity index (χ1v) is 8.92. The van der Waals surface area contributed by atoms with Crippen molar-refractivity contribution in [2.24, 2.45) is 0 Å².